The third-order valence-corrected chi connectivity index (χ3v) is 9.76. The van der Waals surface area contributed by atoms with Crippen molar-refractivity contribution >= 4 is 28.8 Å². The zero-order valence-corrected chi connectivity index (χ0v) is 26.0. The Morgan fingerprint density at radius 2 is 1.65 bits per heavy atom. The van der Waals surface area contributed by atoms with Crippen LogP contribution in [0.4, 0.5) is 0 Å². The van der Waals surface area contributed by atoms with E-state index in [0.717, 1.165) is 84.0 Å². The van der Waals surface area contributed by atoms with Gasteiger partial charge in [0.25, 0.3) is 5.91 Å². The number of ether oxygens (including phenoxy) is 3. The lowest BCUT2D eigenvalue weighted by Crippen LogP contribution is -2.37. The van der Waals surface area contributed by atoms with Crippen LogP contribution < -0.4 is 4.74 Å². The first-order chi connectivity index (χ1) is 21.2. The molecule has 0 bridgehead atoms. The van der Waals surface area contributed by atoms with E-state index in [0.29, 0.717) is 24.2 Å². The summed E-state index contributed by atoms with van der Waals surface area (Å²) in [5.74, 6) is 1.41. The van der Waals surface area contributed by atoms with E-state index in [1.54, 1.807) is 0 Å². The molecule has 1 aromatic heterocycles. The van der Waals surface area contributed by atoms with Gasteiger partial charge in [-0.1, -0.05) is 72.3 Å². The molecule has 0 N–H and O–H groups in total. The van der Waals surface area contributed by atoms with Crippen LogP contribution in [0.3, 0.4) is 0 Å². The zero-order valence-electron chi connectivity index (χ0n) is 24.4. The van der Waals surface area contributed by atoms with E-state index >= 15 is 0 Å². The van der Waals surface area contributed by atoms with Gasteiger partial charge in [-0.05, 0) is 73.4 Å². The van der Waals surface area contributed by atoms with Gasteiger partial charge in [0.2, 0.25) is 0 Å². The topological polar surface area (TPSA) is 48.0 Å². The molecule has 224 valence electrons. The lowest BCUT2D eigenvalue weighted by Gasteiger charge is -2.32. The second-order valence-corrected chi connectivity index (χ2v) is 12.7. The first-order valence-corrected chi connectivity index (χ1v) is 16.5. The highest BCUT2D eigenvalue weighted by Crippen LogP contribution is 2.43. The molecule has 2 aliphatic rings. The molecule has 1 atom stereocenters. The SMILES string of the molecule is O=C(c1cc(-c2ccc(OCCCOC3CCCCO3)cc2)c(-c2ccccc2Cl)s1)N1CCC(c2ccccc2)CC1. The molecular weight excluding hydrogens is 578 g/mol. The van der Waals surface area contributed by atoms with Crippen LogP contribution in [0.15, 0.2) is 84.9 Å². The Morgan fingerprint density at radius 1 is 0.884 bits per heavy atom. The van der Waals surface area contributed by atoms with Gasteiger partial charge in [0.1, 0.15) is 5.75 Å². The van der Waals surface area contributed by atoms with Crippen LogP contribution in [0.2, 0.25) is 5.02 Å². The Bertz CT molecular complexity index is 1470. The van der Waals surface area contributed by atoms with Crippen LogP contribution in [-0.2, 0) is 9.47 Å². The van der Waals surface area contributed by atoms with Crippen LogP contribution in [0.25, 0.3) is 21.6 Å². The number of benzene rings is 3. The second-order valence-electron chi connectivity index (χ2n) is 11.2. The minimum atomic E-state index is -0.0659. The molecule has 0 aliphatic carbocycles. The minimum absolute atomic E-state index is 0.0659. The molecule has 4 aromatic rings. The van der Waals surface area contributed by atoms with E-state index in [4.69, 9.17) is 25.8 Å². The summed E-state index contributed by atoms with van der Waals surface area (Å²) < 4.78 is 17.4. The number of hydrogen-bond donors (Lipinski definition) is 0. The Morgan fingerprint density at radius 3 is 2.40 bits per heavy atom. The molecule has 2 fully saturated rings. The van der Waals surface area contributed by atoms with Gasteiger partial charge in [0, 0.05) is 47.1 Å². The van der Waals surface area contributed by atoms with Crippen molar-refractivity contribution in [3.8, 4) is 27.3 Å². The van der Waals surface area contributed by atoms with Crippen LogP contribution >= 0.6 is 22.9 Å². The number of piperidine rings is 1. The maximum Gasteiger partial charge on any atom is 0.263 e. The minimum Gasteiger partial charge on any atom is -0.494 e. The van der Waals surface area contributed by atoms with E-state index in [1.807, 2.05) is 47.4 Å². The van der Waals surface area contributed by atoms with E-state index in [2.05, 4.69) is 42.5 Å². The highest BCUT2D eigenvalue weighted by molar-refractivity contribution is 7.18. The summed E-state index contributed by atoms with van der Waals surface area (Å²) in [6.45, 7) is 3.52. The molecule has 2 saturated heterocycles. The maximum absolute atomic E-state index is 13.7. The van der Waals surface area contributed by atoms with Gasteiger partial charge in [-0.25, -0.2) is 0 Å². The number of halogens is 1. The van der Waals surface area contributed by atoms with E-state index < -0.39 is 0 Å². The third-order valence-electron chi connectivity index (χ3n) is 8.28. The quantitative estimate of drug-likeness (QED) is 0.167. The molecule has 6 rings (SSSR count). The number of amides is 1. The highest BCUT2D eigenvalue weighted by Gasteiger charge is 2.27. The van der Waals surface area contributed by atoms with Gasteiger partial charge in [-0.3, -0.25) is 4.79 Å². The van der Waals surface area contributed by atoms with Gasteiger partial charge >= 0.3 is 0 Å². The fourth-order valence-corrected chi connectivity index (χ4v) is 7.36. The van der Waals surface area contributed by atoms with Crippen LogP contribution in [0.5, 0.6) is 5.75 Å². The Labute approximate surface area is 263 Å². The van der Waals surface area contributed by atoms with Crippen molar-refractivity contribution < 1.29 is 19.0 Å². The van der Waals surface area contributed by atoms with E-state index in [1.165, 1.54) is 23.3 Å². The average molecular weight is 616 g/mol. The molecular formula is C36H38ClNO4S. The third kappa shape index (κ3) is 7.50. The molecule has 3 aromatic carbocycles. The first-order valence-electron chi connectivity index (χ1n) is 15.3. The molecule has 2 aliphatic heterocycles. The van der Waals surface area contributed by atoms with Crippen LogP contribution in [0, 0.1) is 0 Å². The summed E-state index contributed by atoms with van der Waals surface area (Å²) in [5, 5.41) is 0.675. The zero-order chi connectivity index (χ0) is 29.4. The summed E-state index contributed by atoms with van der Waals surface area (Å²) in [6, 6.07) is 28.6. The number of rotatable bonds is 10. The molecule has 3 heterocycles. The summed E-state index contributed by atoms with van der Waals surface area (Å²) in [6.07, 6.45) is 5.96. The van der Waals surface area contributed by atoms with Crippen LogP contribution in [0.1, 0.15) is 59.7 Å². The van der Waals surface area contributed by atoms with Gasteiger partial charge in [-0.2, -0.15) is 0 Å². The monoisotopic (exact) mass is 615 g/mol. The fraction of sp³-hybridized carbons (Fsp3) is 0.361. The maximum atomic E-state index is 13.7. The Balaban J connectivity index is 1.13. The van der Waals surface area contributed by atoms with Gasteiger partial charge in [0.15, 0.2) is 6.29 Å². The fourth-order valence-electron chi connectivity index (χ4n) is 5.89. The van der Waals surface area contributed by atoms with Crippen molar-refractivity contribution in [2.45, 2.75) is 50.7 Å². The molecule has 43 heavy (non-hydrogen) atoms. The standard InChI is InChI=1S/C36H38ClNO4S/c37-32-12-5-4-11-30(32)35-31(28-14-16-29(17-15-28)40-23-8-24-42-34-13-6-7-22-41-34)25-33(43-35)36(39)38-20-18-27(19-21-38)26-9-2-1-3-10-26/h1-5,9-12,14-17,25,27,34H,6-8,13,18-24H2. The lowest BCUT2D eigenvalue weighted by atomic mass is 9.89. The number of carbonyl (C=O) groups excluding carboxylic acids is 1. The highest BCUT2D eigenvalue weighted by atomic mass is 35.5. The van der Waals surface area contributed by atoms with E-state index in [-0.39, 0.29) is 12.2 Å². The predicted molar refractivity (Wildman–Crippen MR) is 174 cm³/mol. The molecule has 7 heteroatoms. The number of carbonyl (C=O) groups is 1. The normalized spacial score (nSPS) is 17.6. The first kappa shape index (κ1) is 29.9. The smallest absolute Gasteiger partial charge is 0.263 e. The summed E-state index contributed by atoms with van der Waals surface area (Å²) in [5.41, 5.74) is 4.34. The molecule has 5 nitrogen and oxygen atoms in total. The number of hydrogen-bond acceptors (Lipinski definition) is 5. The lowest BCUT2D eigenvalue weighted by molar-refractivity contribution is -0.163. The van der Waals surface area contributed by atoms with Crippen molar-refractivity contribution in [1.82, 2.24) is 4.90 Å². The predicted octanol–water partition coefficient (Wildman–Crippen LogP) is 9.07. The Hall–Kier alpha value is -3.16. The summed E-state index contributed by atoms with van der Waals surface area (Å²) in [7, 11) is 0. The number of likely N-dealkylation sites (tertiary alicyclic amines) is 1. The molecule has 1 unspecified atom stereocenters. The van der Waals surface area contributed by atoms with Gasteiger partial charge < -0.3 is 19.1 Å². The van der Waals surface area contributed by atoms with Gasteiger partial charge in [0.05, 0.1) is 18.1 Å². The van der Waals surface area contributed by atoms with Crippen molar-refractivity contribution in [3.05, 3.63) is 100 Å². The van der Waals surface area contributed by atoms with Crippen molar-refractivity contribution in [2.75, 3.05) is 32.9 Å². The molecule has 0 radical (unpaired) electrons. The number of thiophene rings is 1. The van der Waals surface area contributed by atoms with Crippen molar-refractivity contribution in [1.29, 1.82) is 0 Å². The van der Waals surface area contributed by atoms with Crippen molar-refractivity contribution in [3.63, 3.8) is 0 Å². The average Bonchev–Trinajstić information content (AvgIpc) is 3.51. The molecule has 0 saturated carbocycles. The van der Waals surface area contributed by atoms with Crippen molar-refractivity contribution in [2.24, 2.45) is 0 Å². The van der Waals surface area contributed by atoms with E-state index in [9.17, 15) is 4.79 Å². The molecule has 0 spiro atoms. The molecule has 1 amide bonds. The van der Waals surface area contributed by atoms with Gasteiger partial charge in [-0.15, -0.1) is 11.3 Å². The number of nitrogens with zero attached hydrogens (tertiary/aromatic N) is 1. The summed E-state index contributed by atoms with van der Waals surface area (Å²) >= 11 is 8.19. The second kappa shape index (κ2) is 14.5. The summed E-state index contributed by atoms with van der Waals surface area (Å²) in [4.78, 5) is 17.5. The Kier molecular flexibility index (Phi) is 10.1. The van der Waals surface area contributed by atoms with Crippen LogP contribution in [-0.4, -0.2) is 50.0 Å². The largest absolute Gasteiger partial charge is 0.494 e.